The molecular formula is C10H22N2O. The van der Waals surface area contributed by atoms with E-state index in [0.717, 1.165) is 19.4 Å². The van der Waals surface area contributed by atoms with Crippen LogP contribution in [0.4, 0.5) is 0 Å². The molecule has 0 radical (unpaired) electrons. The molecule has 1 saturated carbocycles. The van der Waals surface area contributed by atoms with E-state index in [1.165, 1.54) is 12.8 Å². The molecule has 0 amide bonds. The lowest BCUT2D eigenvalue weighted by atomic mass is 9.87. The zero-order valence-corrected chi connectivity index (χ0v) is 8.55. The molecule has 0 aromatic rings. The first-order chi connectivity index (χ1) is 6.22. The quantitative estimate of drug-likeness (QED) is 0.585. The van der Waals surface area contributed by atoms with Crippen molar-refractivity contribution in [3.8, 4) is 0 Å². The summed E-state index contributed by atoms with van der Waals surface area (Å²) in [6.45, 7) is 3.99. The van der Waals surface area contributed by atoms with Gasteiger partial charge in [-0.2, -0.15) is 0 Å². The van der Waals surface area contributed by atoms with Gasteiger partial charge in [0.25, 0.3) is 0 Å². The first-order valence-electron chi connectivity index (χ1n) is 5.27. The topological polar surface area (TPSA) is 58.3 Å². The summed E-state index contributed by atoms with van der Waals surface area (Å²) in [5.41, 5.74) is 5.67. The van der Waals surface area contributed by atoms with Gasteiger partial charge in [0, 0.05) is 31.2 Å². The third-order valence-corrected chi connectivity index (χ3v) is 3.18. The van der Waals surface area contributed by atoms with Crippen molar-refractivity contribution < 1.29 is 5.11 Å². The average Bonchev–Trinajstić information content (AvgIpc) is 2.63. The maximum absolute atomic E-state index is 9.33. The molecule has 4 N–H and O–H groups in total. The van der Waals surface area contributed by atoms with E-state index in [4.69, 9.17) is 5.73 Å². The van der Waals surface area contributed by atoms with E-state index in [1.807, 2.05) is 0 Å². The van der Waals surface area contributed by atoms with Gasteiger partial charge in [-0.25, -0.2) is 0 Å². The molecule has 1 aliphatic carbocycles. The second-order valence-corrected chi connectivity index (χ2v) is 4.38. The molecule has 13 heavy (non-hydrogen) atoms. The van der Waals surface area contributed by atoms with E-state index in [0.29, 0.717) is 19.2 Å². The van der Waals surface area contributed by atoms with Crippen LogP contribution in [0.2, 0.25) is 0 Å². The fourth-order valence-corrected chi connectivity index (χ4v) is 1.99. The second kappa shape index (κ2) is 4.94. The molecule has 1 fully saturated rings. The van der Waals surface area contributed by atoms with Crippen LogP contribution in [-0.4, -0.2) is 30.8 Å². The lowest BCUT2D eigenvalue weighted by Crippen LogP contribution is -2.42. The van der Waals surface area contributed by atoms with Crippen LogP contribution in [0.15, 0.2) is 0 Å². The van der Waals surface area contributed by atoms with Crippen LogP contribution < -0.4 is 11.1 Å². The monoisotopic (exact) mass is 186 g/mol. The second-order valence-electron chi connectivity index (χ2n) is 4.38. The number of aliphatic hydroxyl groups excluding tert-OH is 1. The maximum atomic E-state index is 9.33. The third-order valence-electron chi connectivity index (χ3n) is 3.18. The first kappa shape index (κ1) is 11.0. The highest BCUT2D eigenvalue weighted by Gasteiger charge is 2.32. The number of nitrogens with one attached hydrogen (secondary N) is 1. The molecule has 1 rings (SSSR count). The summed E-state index contributed by atoms with van der Waals surface area (Å²) in [5.74, 6) is 0. The summed E-state index contributed by atoms with van der Waals surface area (Å²) in [7, 11) is 0. The van der Waals surface area contributed by atoms with Gasteiger partial charge in [0.15, 0.2) is 0 Å². The predicted molar refractivity (Wildman–Crippen MR) is 54.5 cm³/mol. The maximum Gasteiger partial charge on any atom is 0.0499 e. The normalized spacial score (nSPS) is 23.3. The van der Waals surface area contributed by atoms with Crippen LogP contribution in [0.3, 0.4) is 0 Å². The summed E-state index contributed by atoms with van der Waals surface area (Å²) in [4.78, 5) is 0. The van der Waals surface area contributed by atoms with Crippen molar-refractivity contribution in [1.82, 2.24) is 5.32 Å². The fraction of sp³-hybridized carbons (Fsp3) is 1.00. The summed E-state index contributed by atoms with van der Waals surface area (Å²) >= 11 is 0. The van der Waals surface area contributed by atoms with E-state index in [-0.39, 0.29) is 5.41 Å². The molecule has 3 nitrogen and oxygen atoms in total. The van der Waals surface area contributed by atoms with Gasteiger partial charge in [-0.05, 0) is 19.8 Å². The van der Waals surface area contributed by atoms with Crippen LogP contribution in [0.1, 0.15) is 32.6 Å². The number of nitrogens with two attached hydrogens (primary N) is 1. The molecule has 3 heteroatoms. The largest absolute Gasteiger partial charge is 0.396 e. The van der Waals surface area contributed by atoms with Crippen molar-refractivity contribution in [2.24, 2.45) is 11.1 Å². The molecule has 0 saturated heterocycles. The Morgan fingerprint density at radius 2 is 2.08 bits per heavy atom. The van der Waals surface area contributed by atoms with Crippen LogP contribution >= 0.6 is 0 Å². The van der Waals surface area contributed by atoms with Gasteiger partial charge >= 0.3 is 0 Å². The minimum absolute atomic E-state index is 0.156. The zero-order chi connectivity index (χ0) is 9.73. The van der Waals surface area contributed by atoms with E-state index < -0.39 is 0 Å². The van der Waals surface area contributed by atoms with Crippen molar-refractivity contribution in [2.45, 2.75) is 38.6 Å². The summed E-state index contributed by atoms with van der Waals surface area (Å²) < 4.78 is 0. The minimum atomic E-state index is 0.156. The number of rotatable bonds is 5. The molecule has 1 unspecified atom stereocenters. The van der Waals surface area contributed by atoms with Gasteiger partial charge in [0.1, 0.15) is 0 Å². The fourth-order valence-electron chi connectivity index (χ4n) is 1.99. The highest BCUT2D eigenvalue weighted by molar-refractivity contribution is 4.86. The van der Waals surface area contributed by atoms with Gasteiger partial charge in [-0.3, -0.25) is 0 Å². The van der Waals surface area contributed by atoms with Crippen molar-refractivity contribution in [3.05, 3.63) is 0 Å². The molecule has 0 spiro atoms. The molecule has 0 aromatic carbocycles. The first-order valence-corrected chi connectivity index (χ1v) is 5.27. The molecule has 78 valence electrons. The lowest BCUT2D eigenvalue weighted by Gasteiger charge is -2.28. The van der Waals surface area contributed by atoms with Crippen molar-refractivity contribution >= 4 is 0 Å². The minimum Gasteiger partial charge on any atom is -0.396 e. The predicted octanol–water partition coefficient (Wildman–Crippen LogP) is 0.476. The van der Waals surface area contributed by atoms with Gasteiger partial charge in [0.2, 0.25) is 0 Å². The van der Waals surface area contributed by atoms with Crippen molar-refractivity contribution in [2.75, 3.05) is 19.7 Å². The molecule has 0 heterocycles. The van der Waals surface area contributed by atoms with Gasteiger partial charge in [0.05, 0.1) is 0 Å². The highest BCUT2D eigenvalue weighted by Crippen LogP contribution is 2.36. The van der Waals surface area contributed by atoms with E-state index >= 15 is 0 Å². The summed E-state index contributed by atoms with van der Waals surface area (Å²) in [6.07, 6.45) is 4.85. The van der Waals surface area contributed by atoms with Crippen LogP contribution in [0.5, 0.6) is 0 Å². The van der Waals surface area contributed by atoms with E-state index in [2.05, 4.69) is 12.2 Å². The Morgan fingerprint density at radius 1 is 1.46 bits per heavy atom. The van der Waals surface area contributed by atoms with Crippen molar-refractivity contribution in [1.29, 1.82) is 0 Å². The van der Waals surface area contributed by atoms with E-state index in [1.54, 1.807) is 0 Å². The van der Waals surface area contributed by atoms with Crippen LogP contribution in [0, 0.1) is 5.41 Å². The van der Waals surface area contributed by atoms with Crippen molar-refractivity contribution in [3.63, 3.8) is 0 Å². The zero-order valence-electron chi connectivity index (χ0n) is 8.55. The Labute approximate surface area is 80.7 Å². The molecule has 0 aliphatic heterocycles. The number of aliphatic hydroxyl groups is 1. The van der Waals surface area contributed by atoms with Crippen LogP contribution in [-0.2, 0) is 0 Å². The number of hydrogen-bond acceptors (Lipinski definition) is 3. The Hall–Kier alpha value is -0.120. The standard InChI is InChI=1S/C10H22N2O/c1-9(6-11)12-7-10(8-13)4-2-3-5-10/h9,12-13H,2-8,11H2,1H3. The van der Waals surface area contributed by atoms with Gasteiger partial charge in [-0.15, -0.1) is 0 Å². The summed E-state index contributed by atoms with van der Waals surface area (Å²) in [5, 5.41) is 12.7. The average molecular weight is 186 g/mol. The summed E-state index contributed by atoms with van der Waals surface area (Å²) in [6, 6.07) is 0.365. The Bertz CT molecular complexity index is 144. The Balaban J connectivity index is 2.31. The molecule has 0 aromatic heterocycles. The smallest absolute Gasteiger partial charge is 0.0499 e. The van der Waals surface area contributed by atoms with Crippen LogP contribution in [0.25, 0.3) is 0 Å². The molecule has 0 bridgehead atoms. The van der Waals surface area contributed by atoms with E-state index in [9.17, 15) is 5.11 Å². The Kier molecular flexibility index (Phi) is 4.16. The SMILES string of the molecule is CC(CN)NCC1(CO)CCCC1. The molecule has 1 aliphatic rings. The lowest BCUT2D eigenvalue weighted by molar-refractivity contribution is 0.125. The third kappa shape index (κ3) is 2.93. The molecule has 1 atom stereocenters. The number of hydrogen-bond donors (Lipinski definition) is 3. The Morgan fingerprint density at radius 3 is 2.54 bits per heavy atom. The van der Waals surface area contributed by atoms with Gasteiger partial charge < -0.3 is 16.2 Å². The molecular weight excluding hydrogens is 164 g/mol. The van der Waals surface area contributed by atoms with Gasteiger partial charge in [-0.1, -0.05) is 12.8 Å². The highest BCUT2D eigenvalue weighted by atomic mass is 16.3.